The predicted molar refractivity (Wildman–Crippen MR) is 236 cm³/mol. The Hall–Kier alpha value is -6.98. The van der Waals surface area contributed by atoms with Crippen LogP contribution in [0.5, 0.6) is 0 Å². The summed E-state index contributed by atoms with van der Waals surface area (Å²) in [6.45, 7) is 0. The van der Waals surface area contributed by atoms with E-state index in [1.54, 1.807) is 0 Å². The van der Waals surface area contributed by atoms with Crippen LogP contribution in [0.1, 0.15) is 52.4 Å². The van der Waals surface area contributed by atoms with Gasteiger partial charge in [-0.1, -0.05) is 164 Å². The Balaban J connectivity index is 1.08. The zero-order valence-corrected chi connectivity index (χ0v) is 31.6. The number of rotatable bonds is 4. The zero-order chi connectivity index (χ0) is 37.6. The highest BCUT2D eigenvalue weighted by atomic mass is 15.3. The molecule has 4 heterocycles. The molecule has 57 heavy (non-hydrogen) atoms. The van der Waals surface area contributed by atoms with Gasteiger partial charge in [0.2, 0.25) is 0 Å². The number of aromatic nitrogens is 1. The Kier molecular flexibility index (Phi) is 7.09. The second-order valence-corrected chi connectivity index (χ2v) is 15.7. The number of hydrogen-bond acceptors (Lipinski definition) is 4. The van der Waals surface area contributed by atoms with Crippen LogP contribution in [-0.2, 0) is 0 Å². The lowest BCUT2D eigenvalue weighted by Crippen LogP contribution is -2.36. The number of amidine groups is 2. The maximum absolute atomic E-state index is 5.37. The minimum atomic E-state index is -0.273. The van der Waals surface area contributed by atoms with E-state index in [4.69, 9.17) is 9.98 Å². The molecule has 0 saturated heterocycles. The van der Waals surface area contributed by atoms with Gasteiger partial charge in [0.05, 0.1) is 23.3 Å². The SMILES string of the molecule is CN1C(c2ccccc2)=NC(c2ccccc2)=NC1c1cccc(N2c3c(ccc4c3-c3cccc5c6ccccc6n(c35)C3CC=CC=C43)C3C=CC=CC32)c1. The van der Waals surface area contributed by atoms with Crippen LogP contribution in [0.2, 0.25) is 0 Å². The van der Waals surface area contributed by atoms with Gasteiger partial charge in [0, 0.05) is 57.2 Å². The molecule has 0 N–H and O–H groups in total. The molecule has 0 radical (unpaired) electrons. The fourth-order valence-corrected chi connectivity index (χ4v) is 10.2. The molecule has 12 rings (SSSR count). The third-order valence-corrected chi connectivity index (χ3v) is 12.6. The highest BCUT2D eigenvalue weighted by Crippen LogP contribution is 2.58. The van der Waals surface area contributed by atoms with Crippen molar-refractivity contribution in [1.82, 2.24) is 9.47 Å². The third kappa shape index (κ3) is 4.75. The number of fused-ring (bicyclic) bond motifs is 12. The van der Waals surface area contributed by atoms with E-state index in [2.05, 4.69) is 197 Å². The van der Waals surface area contributed by atoms with Crippen molar-refractivity contribution in [2.24, 2.45) is 9.98 Å². The number of nitrogens with zero attached hydrogens (tertiary/aromatic N) is 5. The number of aliphatic imine (C=N–C) groups is 2. The van der Waals surface area contributed by atoms with Crippen LogP contribution in [0.25, 0.3) is 38.5 Å². The van der Waals surface area contributed by atoms with E-state index in [0.717, 1.165) is 40.5 Å². The molecule has 7 aromatic rings. The first-order valence-corrected chi connectivity index (χ1v) is 20.0. The van der Waals surface area contributed by atoms with E-state index in [0.29, 0.717) is 0 Å². The van der Waals surface area contributed by atoms with Crippen molar-refractivity contribution in [3.8, 4) is 11.1 Å². The average molecular weight is 734 g/mol. The third-order valence-electron chi connectivity index (χ3n) is 12.6. The number of allylic oxidation sites excluding steroid dienone is 6. The van der Waals surface area contributed by atoms with Gasteiger partial charge in [0.25, 0.3) is 0 Å². The minimum Gasteiger partial charge on any atom is -0.333 e. The Morgan fingerprint density at radius 2 is 1.44 bits per heavy atom. The molecule has 0 amide bonds. The molecule has 1 aromatic heterocycles. The average Bonchev–Trinajstić information content (AvgIpc) is 3.76. The first-order chi connectivity index (χ1) is 28.2. The van der Waals surface area contributed by atoms with Crippen molar-refractivity contribution in [1.29, 1.82) is 0 Å². The maximum Gasteiger partial charge on any atom is 0.159 e. The van der Waals surface area contributed by atoms with Crippen molar-refractivity contribution < 1.29 is 0 Å². The summed E-state index contributed by atoms with van der Waals surface area (Å²) in [4.78, 5) is 15.4. The van der Waals surface area contributed by atoms with Crippen LogP contribution in [0, 0.1) is 0 Å². The van der Waals surface area contributed by atoms with Gasteiger partial charge < -0.3 is 14.4 Å². The van der Waals surface area contributed by atoms with E-state index in [9.17, 15) is 0 Å². The van der Waals surface area contributed by atoms with Gasteiger partial charge >= 0.3 is 0 Å². The molecule has 0 bridgehead atoms. The van der Waals surface area contributed by atoms with E-state index in [-0.39, 0.29) is 24.2 Å². The highest BCUT2D eigenvalue weighted by molar-refractivity contribution is 6.17. The van der Waals surface area contributed by atoms with Crippen molar-refractivity contribution >= 4 is 50.4 Å². The monoisotopic (exact) mass is 733 g/mol. The first kappa shape index (κ1) is 32.3. The van der Waals surface area contributed by atoms with E-state index >= 15 is 0 Å². The smallest absolute Gasteiger partial charge is 0.159 e. The zero-order valence-electron chi connectivity index (χ0n) is 31.6. The summed E-state index contributed by atoms with van der Waals surface area (Å²) in [6, 6.07) is 51.0. The quantitative estimate of drug-likeness (QED) is 0.181. The normalized spacial score (nSPS) is 21.4. The second kappa shape index (κ2) is 12.5. The molecule has 0 fully saturated rings. The lowest BCUT2D eigenvalue weighted by molar-refractivity contribution is 0.383. The van der Waals surface area contributed by atoms with Gasteiger partial charge in [0.15, 0.2) is 12.0 Å². The van der Waals surface area contributed by atoms with E-state index < -0.39 is 0 Å². The standard InChI is InChI=1S/C52H39N5/c1-55-51(34-18-6-3-7-19-34)53-50(33-16-4-2-5-17-33)54-52(55)35-20-14-21-36(32-35)56-44-27-11-9-24-39(44)42-31-30-40-37-22-8-12-28-45(37)57-46-29-13-10-23-38(46)41-25-15-26-43(48(41)57)47(40)49(42)56/h2-27,29-32,39,44-45,52H,28H2,1H3. The Bertz CT molecular complexity index is 2980. The van der Waals surface area contributed by atoms with Crippen LogP contribution < -0.4 is 4.90 Å². The molecule has 2 aliphatic carbocycles. The van der Waals surface area contributed by atoms with Crippen molar-refractivity contribution in [2.75, 3.05) is 11.9 Å². The molecule has 0 spiro atoms. The largest absolute Gasteiger partial charge is 0.333 e. The van der Waals surface area contributed by atoms with Crippen LogP contribution in [0.4, 0.5) is 11.4 Å². The van der Waals surface area contributed by atoms with Gasteiger partial charge in [-0.3, -0.25) is 0 Å². The lowest BCUT2D eigenvalue weighted by Gasteiger charge is -2.34. The summed E-state index contributed by atoms with van der Waals surface area (Å²) in [5, 5.41) is 2.63. The summed E-state index contributed by atoms with van der Waals surface area (Å²) in [5.41, 5.74) is 15.0. The fourth-order valence-electron chi connectivity index (χ4n) is 10.2. The molecule has 5 nitrogen and oxygen atoms in total. The summed E-state index contributed by atoms with van der Waals surface area (Å²) in [6.07, 6.45) is 16.9. The number of anilines is 2. The molecule has 3 aliphatic heterocycles. The van der Waals surface area contributed by atoms with Crippen molar-refractivity contribution in [2.45, 2.75) is 30.6 Å². The Labute approximate surface area is 332 Å². The molecule has 5 heteroatoms. The molecular weight excluding hydrogens is 695 g/mol. The Morgan fingerprint density at radius 1 is 0.667 bits per heavy atom. The summed E-state index contributed by atoms with van der Waals surface area (Å²) < 4.78 is 2.64. The summed E-state index contributed by atoms with van der Waals surface area (Å²) >= 11 is 0. The molecule has 5 aliphatic rings. The fraction of sp³-hybridized carbons (Fsp3) is 0.115. The molecule has 4 unspecified atom stereocenters. The summed E-state index contributed by atoms with van der Waals surface area (Å²) in [7, 11) is 2.12. The maximum atomic E-state index is 5.37. The molecule has 272 valence electrons. The van der Waals surface area contributed by atoms with Crippen molar-refractivity contribution in [3.05, 3.63) is 210 Å². The van der Waals surface area contributed by atoms with Gasteiger partial charge in [-0.15, -0.1) is 0 Å². The van der Waals surface area contributed by atoms with Gasteiger partial charge in [0.1, 0.15) is 5.84 Å². The highest BCUT2D eigenvalue weighted by Gasteiger charge is 2.42. The topological polar surface area (TPSA) is 36.1 Å². The van der Waals surface area contributed by atoms with Gasteiger partial charge in [-0.2, -0.15) is 0 Å². The number of benzene rings is 6. The van der Waals surface area contributed by atoms with Crippen LogP contribution in [-0.4, -0.2) is 34.2 Å². The van der Waals surface area contributed by atoms with Gasteiger partial charge in [-0.25, -0.2) is 9.98 Å². The summed E-state index contributed by atoms with van der Waals surface area (Å²) in [5.74, 6) is 1.87. The second-order valence-electron chi connectivity index (χ2n) is 15.7. The number of para-hydroxylation sites is 2. The lowest BCUT2D eigenvalue weighted by atomic mass is 9.84. The van der Waals surface area contributed by atoms with Crippen molar-refractivity contribution in [3.63, 3.8) is 0 Å². The van der Waals surface area contributed by atoms with Crippen LogP contribution in [0.3, 0.4) is 0 Å². The van der Waals surface area contributed by atoms with E-state index in [1.807, 2.05) is 6.07 Å². The Morgan fingerprint density at radius 3 is 2.32 bits per heavy atom. The van der Waals surface area contributed by atoms with Gasteiger partial charge in [-0.05, 0) is 46.9 Å². The van der Waals surface area contributed by atoms with E-state index in [1.165, 1.54) is 55.3 Å². The predicted octanol–water partition coefficient (Wildman–Crippen LogP) is 11.9. The molecule has 0 saturated carbocycles. The van der Waals surface area contributed by atoms with Crippen LogP contribution in [0.15, 0.2) is 192 Å². The molecule has 6 aromatic carbocycles. The van der Waals surface area contributed by atoms with Crippen LogP contribution >= 0.6 is 0 Å². The first-order valence-electron chi connectivity index (χ1n) is 20.0. The minimum absolute atomic E-state index is 0.130. The molecule has 4 atom stereocenters. The number of hydrogen-bond donors (Lipinski definition) is 0. The molecular formula is C52H39N5.